The Balaban J connectivity index is 1.87. The van der Waals surface area contributed by atoms with Crippen molar-refractivity contribution in [1.29, 1.82) is 0 Å². The number of carbonyl (C=O) groups is 1. The van der Waals surface area contributed by atoms with Gasteiger partial charge in [0.05, 0.1) is 16.6 Å². The summed E-state index contributed by atoms with van der Waals surface area (Å²) in [7, 11) is -3.98. The molecule has 0 fully saturated rings. The van der Waals surface area contributed by atoms with E-state index in [1.54, 1.807) is 67.6 Å². The van der Waals surface area contributed by atoms with Crippen LogP contribution >= 0.6 is 11.8 Å². The molecule has 0 spiro atoms. The summed E-state index contributed by atoms with van der Waals surface area (Å²) < 4.78 is 41.2. The van der Waals surface area contributed by atoms with Crippen molar-refractivity contribution in [3.63, 3.8) is 0 Å². The van der Waals surface area contributed by atoms with Crippen molar-refractivity contribution in [3.05, 3.63) is 89.7 Å². The number of sulfonamides is 1. The molecule has 3 rings (SSSR count). The summed E-state index contributed by atoms with van der Waals surface area (Å²) >= 11 is 1.51. The minimum absolute atomic E-state index is 0.107. The molecule has 0 aliphatic heterocycles. The van der Waals surface area contributed by atoms with Crippen LogP contribution in [0.5, 0.6) is 0 Å². The van der Waals surface area contributed by atoms with Gasteiger partial charge in [-0.25, -0.2) is 12.8 Å². The summed E-state index contributed by atoms with van der Waals surface area (Å²) in [4.78, 5) is 13.9. The van der Waals surface area contributed by atoms with Gasteiger partial charge in [-0.2, -0.15) is 0 Å². The normalized spacial score (nSPS) is 12.2. The minimum Gasteiger partial charge on any atom is -0.348 e. The lowest BCUT2D eigenvalue weighted by molar-refractivity contribution is -0.120. The van der Waals surface area contributed by atoms with Gasteiger partial charge in [0.2, 0.25) is 5.91 Å². The molecule has 0 aliphatic rings. The molecule has 3 aromatic rings. The van der Waals surface area contributed by atoms with E-state index in [9.17, 15) is 17.6 Å². The first-order valence-electron chi connectivity index (χ1n) is 9.99. The Labute approximate surface area is 192 Å². The van der Waals surface area contributed by atoms with E-state index in [4.69, 9.17) is 0 Å². The second kappa shape index (κ2) is 10.2. The predicted molar refractivity (Wildman–Crippen MR) is 127 cm³/mol. The SMILES string of the molecule is CSc1ccc(S(=O)(=O)N(CC(=O)NC(C)c2ccc(F)cc2)c2ccc(C)cc2)cc1. The van der Waals surface area contributed by atoms with Crippen LogP contribution in [0, 0.1) is 12.7 Å². The summed E-state index contributed by atoms with van der Waals surface area (Å²) in [5, 5.41) is 2.80. The summed E-state index contributed by atoms with van der Waals surface area (Å²) in [5.41, 5.74) is 2.09. The molecule has 1 atom stereocenters. The van der Waals surface area contributed by atoms with Crippen LogP contribution in [0.3, 0.4) is 0 Å². The Morgan fingerprint density at radius 1 is 1.00 bits per heavy atom. The van der Waals surface area contributed by atoms with Gasteiger partial charge in [0, 0.05) is 4.90 Å². The molecule has 0 saturated carbocycles. The molecule has 32 heavy (non-hydrogen) atoms. The molecule has 5 nitrogen and oxygen atoms in total. The van der Waals surface area contributed by atoms with E-state index in [0.717, 1.165) is 20.3 Å². The highest BCUT2D eigenvalue weighted by Crippen LogP contribution is 2.26. The van der Waals surface area contributed by atoms with E-state index in [1.807, 2.05) is 13.2 Å². The van der Waals surface area contributed by atoms with Gasteiger partial charge in [-0.3, -0.25) is 9.10 Å². The van der Waals surface area contributed by atoms with Crippen molar-refractivity contribution < 1.29 is 17.6 Å². The number of carbonyl (C=O) groups excluding carboxylic acids is 1. The molecule has 0 saturated heterocycles. The monoisotopic (exact) mass is 472 g/mol. The fourth-order valence-corrected chi connectivity index (χ4v) is 4.98. The van der Waals surface area contributed by atoms with Gasteiger partial charge >= 0.3 is 0 Å². The fraction of sp³-hybridized carbons (Fsp3) is 0.208. The second-order valence-electron chi connectivity index (χ2n) is 7.36. The number of hydrogen-bond acceptors (Lipinski definition) is 4. The third-order valence-corrected chi connectivity index (χ3v) is 7.54. The topological polar surface area (TPSA) is 66.5 Å². The molecular weight excluding hydrogens is 447 g/mol. The van der Waals surface area contributed by atoms with Gasteiger partial charge in [-0.1, -0.05) is 29.8 Å². The van der Waals surface area contributed by atoms with E-state index < -0.39 is 22.0 Å². The van der Waals surface area contributed by atoms with E-state index in [1.165, 1.54) is 23.9 Å². The number of anilines is 1. The van der Waals surface area contributed by atoms with E-state index in [0.29, 0.717) is 5.69 Å². The molecule has 1 N–H and O–H groups in total. The van der Waals surface area contributed by atoms with Gasteiger partial charge in [-0.05, 0) is 74.2 Å². The van der Waals surface area contributed by atoms with Crippen LogP contribution < -0.4 is 9.62 Å². The van der Waals surface area contributed by atoms with Crippen molar-refractivity contribution in [3.8, 4) is 0 Å². The molecule has 168 valence electrons. The predicted octanol–water partition coefficient (Wildman–Crippen LogP) is 4.93. The third-order valence-electron chi connectivity index (χ3n) is 5.00. The molecular formula is C24H25FN2O3S2. The standard InChI is InChI=1S/C24H25FN2O3S2/c1-17-4-10-21(11-5-17)27(32(29,30)23-14-12-22(31-3)13-15-23)16-24(28)26-18(2)19-6-8-20(25)9-7-19/h4-15,18H,16H2,1-3H3,(H,26,28). The van der Waals surface area contributed by atoms with Gasteiger partial charge in [0.15, 0.2) is 0 Å². The van der Waals surface area contributed by atoms with Gasteiger partial charge in [0.25, 0.3) is 10.0 Å². The van der Waals surface area contributed by atoms with Crippen molar-refractivity contribution in [2.24, 2.45) is 0 Å². The zero-order valence-corrected chi connectivity index (χ0v) is 19.7. The number of halogens is 1. The summed E-state index contributed by atoms with van der Waals surface area (Å²) in [6.45, 7) is 3.28. The summed E-state index contributed by atoms with van der Waals surface area (Å²) in [6, 6.07) is 18.9. The van der Waals surface area contributed by atoms with Crippen LogP contribution in [-0.2, 0) is 14.8 Å². The quantitative estimate of drug-likeness (QED) is 0.472. The lowest BCUT2D eigenvalue weighted by atomic mass is 10.1. The highest BCUT2D eigenvalue weighted by Gasteiger charge is 2.27. The Morgan fingerprint density at radius 2 is 1.59 bits per heavy atom. The molecule has 1 amide bonds. The molecule has 0 bridgehead atoms. The average Bonchev–Trinajstić information content (AvgIpc) is 2.78. The van der Waals surface area contributed by atoms with Crippen molar-refractivity contribution in [1.82, 2.24) is 5.32 Å². The fourth-order valence-electron chi connectivity index (χ4n) is 3.15. The van der Waals surface area contributed by atoms with Gasteiger partial charge < -0.3 is 5.32 Å². The Hall–Kier alpha value is -2.84. The summed E-state index contributed by atoms with van der Waals surface area (Å²) in [5.74, 6) is -0.830. The molecule has 1 unspecified atom stereocenters. The number of amides is 1. The molecule has 8 heteroatoms. The average molecular weight is 473 g/mol. The minimum atomic E-state index is -3.98. The third kappa shape index (κ3) is 5.69. The smallest absolute Gasteiger partial charge is 0.264 e. The van der Waals surface area contributed by atoms with Crippen LogP contribution in [0.1, 0.15) is 24.1 Å². The van der Waals surface area contributed by atoms with E-state index in [-0.39, 0.29) is 17.3 Å². The number of nitrogens with one attached hydrogen (secondary N) is 1. The summed E-state index contributed by atoms with van der Waals surface area (Å²) in [6.07, 6.45) is 1.91. The second-order valence-corrected chi connectivity index (χ2v) is 10.1. The van der Waals surface area contributed by atoms with Crippen LogP contribution in [0.25, 0.3) is 0 Å². The molecule has 0 radical (unpaired) electrons. The van der Waals surface area contributed by atoms with Crippen LogP contribution in [0.4, 0.5) is 10.1 Å². The van der Waals surface area contributed by atoms with E-state index >= 15 is 0 Å². The van der Waals surface area contributed by atoms with Gasteiger partial charge in [-0.15, -0.1) is 11.8 Å². The lowest BCUT2D eigenvalue weighted by Gasteiger charge is -2.25. The maximum absolute atomic E-state index is 13.4. The van der Waals surface area contributed by atoms with Crippen LogP contribution in [0.15, 0.2) is 82.6 Å². The Morgan fingerprint density at radius 3 is 2.16 bits per heavy atom. The number of aryl methyl sites for hydroxylation is 1. The zero-order valence-electron chi connectivity index (χ0n) is 18.1. The molecule has 0 heterocycles. The Bertz CT molecular complexity index is 1160. The zero-order chi connectivity index (χ0) is 23.3. The maximum atomic E-state index is 13.4. The highest BCUT2D eigenvalue weighted by molar-refractivity contribution is 7.98. The number of nitrogens with zero attached hydrogens (tertiary/aromatic N) is 1. The van der Waals surface area contributed by atoms with Crippen molar-refractivity contribution in [2.45, 2.75) is 29.7 Å². The maximum Gasteiger partial charge on any atom is 0.264 e. The first kappa shape index (κ1) is 23.8. The first-order chi connectivity index (χ1) is 15.2. The first-order valence-corrected chi connectivity index (χ1v) is 12.7. The van der Waals surface area contributed by atoms with Crippen molar-refractivity contribution in [2.75, 3.05) is 17.1 Å². The molecule has 0 aromatic heterocycles. The molecule has 3 aromatic carbocycles. The highest BCUT2D eigenvalue weighted by atomic mass is 32.2. The van der Waals surface area contributed by atoms with Gasteiger partial charge in [0.1, 0.15) is 12.4 Å². The Kier molecular flexibility index (Phi) is 7.58. The van der Waals surface area contributed by atoms with Crippen molar-refractivity contribution >= 4 is 33.4 Å². The largest absolute Gasteiger partial charge is 0.348 e. The lowest BCUT2D eigenvalue weighted by Crippen LogP contribution is -2.41. The number of benzene rings is 3. The van der Waals surface area contributed by atoms with Crippen LogP contribution in [0.2, 0.25) is 0 Å². The van der Waals surface area contributed by atoms with E-state index in [2.05, 4.69) is 5.32 Å². The number of thioether (sulfide) groups is 1. The number of hydrogen-bond donors (Lipinski definition) is 1. The van der Waals surface area contributed by atoms with Crippen LogP contribution in [-0.4, -0.2) is 27.1 Å². The number of rotatable bonds is 8. The molecule has 0 aliphatic carbocycles.